The summed E-state index contributed by atoms with van der Waals surface area (Å²) in [6, 6.07) is 3.45. The minimum absolute atomic E-state index is 0.142. The smallest absolute Gasteiger partial charge is 0.352 e. The van der Waals surface area contributed by atoms with Crippen LogP contribution in [0.2, 0.25) is 0 Å². The topological polar surface area (TPSA) is 72.7 Å². The van der Waals surface area contributed by atoms with Crippen molar-refractivity contribution in [2.24, 2.45) is 5.92 Å². The summed E-state index contributed by atoms with van der Waals surface area (Å²) in [4.78, 5) is 19.9. The first-order valence-corrected chi connectivity index (χ1v) is 7.62. The van der Waals surface area contributed by atoms with Crippen LogP contribution in [0.5, 0.6) is 0 Å². The van der Waals surface area contributed by atoms with Crippen LogP contribution in [0.25, 0.3) is 5.82 Å². The van der Waals surface area contributed by atoms with Crippen molar-refractivity contribution in [2.75, 3.05) is 5.75 Å². The fraction of sp³-hybridized carbons (Fsp3) is 0.385. The maximum atomic E-state index is 12.1. The lowest BCUT2D eigenvalue weighted by Crippen LogP contribution is -2.31. The quantitative estimate of drug-likeness (QED) is 0.869. The van der Waals surface area contributed by atoms with Crippen molar-refractivity contribution in [3.8, 4) is 5.82 Å². The normalized spacial score (nSPS) is 12.9. The molecule has 124 valence electrons. The lowest BCUT2D eigenvalue weighted by Gasteiger charge is -2.14. The van der Waals surface area contributed by atoms with Gasteiger partial charge in [-0.3, -0.25) is 4.79 Å². The molecular weight excluding hydrogens is 331 g/mol. The van der Waals surface area contributed by atoms with Gasteiger partial charge in [0.1, 0.15) is 12.7 Å². The molecule has 10 heteroatoms. The van der Waals surface area contributed by atoms with E-state index in [2.05, 4.69) is 20.4 Å². The van der Waals surface area contributed by atoms with Crippen LogP contribution in [0, 0.1) is 5.92 Å². The summed E-state index contributed by atoms with van der Waals surface area (Å²) in [6.45, 7) is 1.60. The minimum atomic E-state index is -4.34. The van der Waals surface area contributed by atoms with E-state index in [0.717, 1.165) is 0 Å². The number of aromatic nitrogens is 4. The first kappa shape index (κ1) is 17.3. The first-order valence-electron chi connectivity index (χ1n) is 6.64. The van der Waals surface area contributed by atoms with E-state index in [1.165, 1.54) is 24.3 Å². The molecule has 1 unspecified atom stereocenters. The van der Waals surface area contributed by atoms with Gasteiger partial charge in [-0.2, -0.15) is 18.3 Å². The fourth-order valence-corrected chi connectivity index (χ4v) is 2.33. The molecule has 0 saturated heterocycles. The number of nitrogens with zero attached hydrogens (tertiary/aromatic N) is 4. The van der Waals surface area contributed by atoms with Crippen molar-refractivity contribution in [3.63, 3.8) is 0 Å². The summed E-state index contributed by atoms with van der Waals surface area (Å²) >= 11 is -0.203. The fourth-order valence-electron chi connectivity index (χ4n) is 1.74. The second-order valence-electron chi connectivity index (χ2n) is 4.70. The van der Waals surface area contributed by atoms with Gasteiger partial charge in [-0.1, -0.05) is 24.8 Å². The van der Waals surface area contributed by atoms with Gasteiger partial charge in [-0.25, -0.2) is 14.6 Å². The average molecular weight is 345 g/mol. The summed E-state index contributed by atoms with van der Waals surface area (Å²) in [5.74, 6) is -1.02. The summed E-state index contributed by atoms with van der Waals surface area (Å²) in [7, 11) is 0. The number of carbonyl (C=O) groups excluding carboxylic acids is 1. The molecule has 0 spiro atoms. The molecule has 0 fully saturated rings. The SMILES string of the molecule is CC(CSC(F)(F)F)C(=O)NCc1cccnc1-n1cncn1. The third kappa shape index (κ3) is 5.23. The van der Waals surface area contributed by atoms with Gasteiger partial charge < -0.3 is 5.32 Å². The number of amides is 1. The number of carbonyl (C=O) groups is 1. The number of halogens is 3. The predicted molar refractivity (Wildman–Crippen MR) is 78.7 cm³/mol. The molecule has 6 nitrogen and oxygen atoms in total. The molecule has 2 aromatic heterocycles. The Morgan fingerprint density at radius 1 is 1.48 bits per heavy atom. The van der Waals surface area contributed by atoms with Crippen molar-refractivity contribution in [1.82, 2.24) is 25.1 Å². The van der Waals surface area contributed by atoms with Crippen LogP contribution in [0.4, 0.5) is 13.2 Å². The standard InChI is InChI=1S/C13H14F3N5OS/c1-9(6-23-13(14,15)16)12(22)19-5-10-3-2-4-18-11(10)21-8-17-7-20-21/h2-4,7-9H,5-6H2,1H3,(H,19,22). The number of thioether (sulfide) groups is 1. The Bertz CT molecular complexity index is 647. The van der Waals surface area contributed by atoms with Crippen LogP contribution in [0.15, 0.2) is 31.0 Å². The first-order chi connectivity index (χ1) is 10.9. The Balaban J connectivity index is 1.95. The van der Waals surface area contributed by atoms with E-state index >= 15 is 0 Å². The molecule has 0 bridgehead atoms. The summed E-state index contributed by atoms with van der Waals surface area (Å²) in [6.07, 6.45) is 4.40. The second kappa shape index (κ2) is 7.44. The molecule has 1 N–H and O–H groups in total. The highest BCUT2D eigenvalue weighted by Crippen LogP contribution is 2.31. The lowest BCUT2D eigenvalue weighted by molar-refractivity contribution is -0.124. The largest absolute Gasteiger partial charge is 0.441 e. The van der Waals surface area contributed by atoms with Crippen LogP contribution in [0.3, 0.4) is 0 Å². The zero-order valence-corrected chi connectivity index (χ0v) is 12.9. The Morgan fingerprint density at radius 2 is 2.26 bits per heavy atom. The maximum Gasteiger partial charge on any atom is 0.441 e. The molecule has 1 atom stereocenters. The number of rotatable bonds is 6. The third-order valence-electron chi connectivity index (χ3n) is 2.90. The highest BCUT2D eigenvalue weighted by Gasteiger charge is 2.30. The predicted octanol–water partition coefficient (Wildman–Crippen LogP) is 2.17. The minimum Gasteiger partial charge on any atom is -0.352 e. The summed E-state index contributed by atoms with van der Waals surface area (Å²) in [5.41, 5.74) is -3.65. The summed E-state index contributed by atoms with van der Waals surface area (Å²) < 4.78 is 37.9. The van der Waals surface area contributed by atoms with Gasteiger partial charge in [0.2, 0.25) is 5.91 Å². The Labute approximate surface area is 134 Å². The number of hydrogen-bond acceptors (Lipinski definition) is 5. The molecular formula is C13H14F3N5OS. The molecule has 0 saturated carbocycles. The van der Waals surface area contributed by atoms with Gasteiger partial charge in [0.25, 0.3) is 0 Å². The van der Waals surface area contributed by atoms with Gasteiger partial charge in [0.05, 0.1) is 0 Å². The number of hydrogen-bond donors (Lipinski definition) is 1. The van der Waals surface area contributed by atoms with Crippen LogP contribution in [0.1, 0.15) is 12.5 Å². The van der Waals surface area contributed by atoms with E-state index < -0.39 is 17.3 Å². The Kier molecular flexibility index (Phi) is 5.59. The lowest BCUT2D eigenvalue weighted by atomic mass is 10.2. The molecule has 0 aliphatic carbocycles. The van der Waals surface area contributed by atoms with E-state index in [0.29, 0.717) is 11.4 Å². The number of alkyl halides is 3. The van der Waals surface area contributed by atoms with E-state index in [-0.39, 0.29) is 24.1 Å². The van der Waals surface area contributed by atoms with Crippen molar-refractivity contribution in [1.29, 1.82) is 0 Å². The molecule has 23 heavy (non-hydrogen) atoms. The third-order valence-corrected chi connectivity index (χ3v) is 3.89. The van der Waals surface area contributed by atoms with E-state index in [4.69, 9.17) is 0 Å². The summed E-state index contributed by atoms with van der Waals surface area (Å²) in [5, 5.41) is 6.58. The van der Waals surface area contributed by atoms with Crippen molar-refractivity contribution < 1.29 is 18.0 Å². The zero-order valence-electron chi connectivity index (χ0n) is 12.1. The number of nitrogens with one attached hydrogen (secondary N) is 1. The second-order valence-corrected chi connectivity index (χ2v) is 5.79. The molecule has 2 heterocycles. The van der Waals surface area contributed by atoms with Gasteiger partial charge in [-0.15, -0.1) is 0 Å². The van der Waals surface area contributed by atoms with Gasteiger partial charge in [-0.05, 0) is 6.07 Å². The Morgan fingerprint density at radius 3 is 2.91 bits per heavy atom. The average Bonchev–Trinajstić information content (AvgIpc) is 3.04. The monoisotopic (exact) mass is 345 g/mol. The van der Waals surface area contributed by atoms with E-state index in [1.807, 2.05) is 0 Å². The molecule has 0 radical (unpaired) electrons. The van der Waals surface area contributed by atoms with Crippen molar-refractivity contribution in [2.45, 2.75) is 19.0 Å². The van der Waals surface area contributed by atoms with Gasteiger partial charge in [0, 0.05) is 30.0 Å². The van der Waals surface area contributed by atoms with E-state index in [9.17, 15) is 18.0 Å². The highest BCUT2D eigenvalue weighted by molar-refractivity contribution is 8.00. The molecule has 1 amide bonds. The van der Waals surface area contributed by atoms with Gasteiger partial charge in [0.15, 0.2) is 5.82 Å². The van der Waals surface area contributed by atoms with Gasteiger partial charge >= 0.3 is 5.51 Å². The molecule has 2 aromatic rings. The van der Waals surface area contributed by atoms with Crippen LogP contribution < -0.4 is 5.32 Å². The van der Waals surface area contributed by atoms with Crippen LogP contribution >= 0.6 is 11.8 Å². The maximum absolute atomic E-state index is 12.1. The molecule has 0 aromatic carbocycles. The molecule has 0 aliphatic heterocycles. The number of pyridine rings is 1. The molecule has 0 aliphatic rings. The Hall–Kier alpha value is -2.10. The van der Waals surface area contributed by atoms with Crippen molar-refractivity contribution >= 4 is 17.7 Å². The van der Waals surface area contributed by atoms with Crippen LogP contribution in [-0.4, -0.2) is 36.9 Å². The van der Waals surface area contributed by atoms with Crippen molar-refractivity contribution in [3.05, 3.63) is 36.5 Å². The highest BCUT2D eigenvalue weighted by atomic mass is 32.2. The zero-order chi connectivity index (χ0) is 16.9. The van der Waals surface area contributed by atoms with E-state index in [1.54, 1.807) is 18.3 Å². The van der Waals surface area contributed by atoms with Crippen LogP contribution in [-0.2, 0) is 11.3 Å². The molecule has 2 rings (SSSR count).